The van der Waals surface area contributed by atoms with Gasteiger partial charge in [-0.15, -0.1) is 0 Å². The number of esters is 1. The summed E-state index contributed by atoms with van der Waals surface area (Å²) in [6.07, 6.45) is 0.841. The minimum absolute atomic E-state index is 0.275. The Kier molecular flexibility index (Phi) is 5.81. The molecule has 1 aliphatic rings. The molecule has 2 aromatic carbocycles. The van der Waals surface area contributed by atoms with Crippen molar-refractivity contribution in [2.45, 2.75) is 25.1 Å². The first-order valence-corrected chi connectivity index (χ1v) is 10.0. The summed E-state index contributed by atoms with van der Waals surface area (Å²) >= 11 is 0. The first-order chi connectivity index (χ1) is 15.4. The number of carbonyl (C=O) groups excluding carboxylic acids is 2. The highest BCUT2D eigenvalue weighted by Crippen LogP contribution is 2.36. The Hall–Kier alpha value is -3.88. The number of benzene rings is 2. The van der Waals surface area contributed by atoms with Crippen LogP contribution in [0.5, 0.6) is 11.5 Å². The van der Waals surface area contributed by atoms with Gasteiger partial charge in [0.2, 0.25) is 0 Å². The van der Waals surface area contributed by atoms with Crippen LogP contribution in [0.25, 0.3) is 10.8 Å². The molecule has 2 heterocycles. The number of hydrogen-bond donors (Lipinski definition) is 0. The average molecular weight is 437 g/mol. The van der Waals surface area contributed by atoms with Crippen LogP contribution in [0.3, 0.4) is 0 Å². The Balaban J connectivity index is 1.49. The van der Waals surface area contributed by atoms with Crippen molar-refractivity contribution in [1.82, 2.24) is 14.7 Å². The number of amides is 1. The second-order valence-corrected chi connectivity index (χ2v) is 7.52. The molecule has 1 amide bonds. The number of carbonyl (C=O) groups is 2. The molecule has 0 spiro atoms. The fraction of sp³-hybridized carbons (Fsp3) is 0.304. The van der Waals surface area contributed by atoms with Crippen LogP contribution in [-0.2, 0) is 20.9 Å². The molecular weight excluding hydrogens is 414 g/mol. The largest absolute Gasteiger partial charge is 0.497 e. The van der Waals surface area contributed by atoms with E-state index in [1.807, 2.05) is 12.1 Å². The van der Waals surface area contributed by atoms with E-state index in [2.05, 4.69) is 5.10 Å². The maximum absolute atomic E-state index is 12.7. The predicted octanol–water partition coefficient (Wildman–Crippen LogP) is 1.93. The van der Waals surface area contributed by atoms with Crippen molar-refractivity contribution < 1.29 is 23.8 Å². The SMILES string of the molecule is COc1cc(OC)cc([C@@H]2C[C@@H](OC(=O)Cn3ncc4ccccc4c3=O)C(=O)N2C)c1. The third-order valence-electron chi connectivity index (χ3n) is 5.60. The lowest BCUT2D eigenvalue weighted by Crippen LogP contribution is -2.33. The summed E-state index contributed by atoms with van der Waals surface area (Å²) in [6, 6.07) is 12.1. The minimum atomic E-state index is -0.953. The van der Waals surface area contributed by atoms with Gasteiger partial charge in [0.05, 0.1) is 31.8 Å². The first kappa shape index (κ1) is 21.4. The zero-order chi connectivity index (χ0) is 22.8. The molecule has 0 bridgehead atoms. The highest BCUT2D eigenvalue weighted by atomic mass is 16.5. The van der Waals surface area contributed by atoms with Crippen molar-refractivity contribution in [3.8, 4) is 11.5 Å². The third kappa shape index (κ3) is 4.01. The third-order valence-corrected chi connectivity index (χ3v) is 5.60. The standard InChI is InChI=1S/C23H23N3O6/c1-25-19(15-8-16(30-2)10-17(9-15)31-3)11-20(23(25)29)32-21(27)13-26-22(28)18-7-5-4-6-14(18)12-24-26/h4-10,12,19-20H,11,13H2,1-3H3/t19-,20+/m0/s1. The molecule has 3 aromatic rings. The maximum atomic E-state index is 12.7. The normalized spacial score (nSPS) is 18.1. The maximum Gasteiger partial charge on any atom is 0.328 e. The van der Waals surface area contributed by atoms with E-state index >= 15 is 0 Å². The van der Waals surface area contributed by atoms with Gasteiger partial charge in [-0.25, -0.2) is 4.68 Å². The van der Waals surface area contributed by atoms with Gasteiger partial charge in [0.15, 0.2) is 6.10 Å². The molecule has 0 unspecified atom stereocenters. The van der Waals surface area contributed by atoms with Gasteiger partial charge in [-0.3, -0.25) is 14.4 Å². The van der Waals surface area contributed by atoms with Crippen LogP contribution in [0.4, 0.5) is 0 Å². The minimum Gasteiger partial charge on any atom is -0.497 e. The second kappa shape index (κ2) is 8.70. The van der Waals surface area contributed by atoms with Crippen molar-refractivity contribution in [3.63, 3.8) is 0 Å². The Labute approximate surface area is 184 Å². The van der Waals surface area contributed by atoms with E-state index in [9.17, 15) is 14.4 Å². The molecule has 9 heteroatoms. The van der Waals surface area contributed by atoms with Crippen molar-refractivity contribution in [2.75, 3.05) is 21.3 Å². The van der Waals surface area contributed by atoms with E-state index in [1.54, 1.807) is 51.6 Å². The number of ether oxygens (including phenoxy) is 3. The van der Waals surface area contributed by atoms with Crippen LogP contribution in [0, 0.1) is 0 Å². The predicted molar refractivity (Wildman–Crippen MR) is 116 cm³/mol. The van der Waals surface area contributed by atoms with Crippen LogP contribution in [0.1, 0.15) is 18.0 Å². The van der Waals surface area contributed by atoms with Gasteiger partial charge in [-0.05, 0) is 23.8 Å². The second-order valence-electron chi connectivity index (χ2n) is 7.52. The molecule has 2 atom stereocenters. The van der Waals surface area contributed by atoms with Crippen LogP contribution < -0.4 is 15.0 Å². The summed E-state index contributed by atoms with van der Waals surface area (Å²) in [6.45, 7) is -0.380. The van der Waals surface area contributed by atoms with Crippen LogP contribution in [-0.4, -0.2) is 53.9 Å². The number of methoxy groups -OCH3 is 2. The molecule has 32 heavy (non-hydrogen) atoms. The summed E-state index contributed by atoms with van der Waals surface area (Å²) in [4.78, 5) is 39.4. The first-order valence-electron chi connectivity index (χ1n) is 10.0. The number of aromatic nitrogens is 2. The molecule has 4 rings (SSSR count). The fourth-order valence-electron chi connectivity index (χ4n) is 3.88. The molecule has 0 saturated carbocycles. The molecule has 0 aliphatic carbocycles. The Morgan fingerprint density at radius 2 is 1.78 bits per heavy atom. The van der Waals surface area contributed by atoms with Gasteiger partial charge in [0, 0.05) is 24.9 Å². The molecule has 166 valence electrons. The van der Waals surface area contributed by atoms with Crippen molar-refractivity contribution >= 4 is 22.6 Å². The fourth-order valence-corrected chi connectivity index (χ4v) is 3.88. The number of nitrogens with zero attached hydrogens (tertiary/aromatic N) is 3. The van der Waals surface area contributed by atoms with E-state index < -0.39 is 17.6 Å². The van der Waals surface area contributed by atoms with Gasteiger partial charge in [0.25, 0.3) is 11.5 Å². The molecular formula is C23H23N3O6. The van der Waals surface area contributed by atoms with Crippen molar-refractivity contribution in [1.29, 1.82) is 0 Å². The van der Waals surface area contributed by atoms with E-state index in [1.165, 1.54) is 11.1 Å². The highest BCUT2D eigenvalue weighted by molar-refractivity contribution is 5.86. The number of likely N-dealkylation sites (N-methyl/N-ethyl adjacent to an activating group) is 1. The van der Waals surface area contributed by atoms with Gasteiger partial charge < -0.3 is 19.1 Å². The summed E-state index contributed by atoms with van der Waals surface area (Å²) < 4.78 is 17.1. The van der Waals surface area contributed by atoms with Crippen molar-refractivity contribution in [2.24, 2.45) is 0 Å². The van der Waals surface area contributed by atoms with Crippen molar-refractivity contribution in [3.05, 3.63) is 64.6 Å². The lowest BCUT2D eigenvalue weighted by atomic mass is 10.0. The van der Waals surface area contributed by atoms with E-state index in [4.69, 9.17) is 14.2 Å². The van der Waals surface area contributed by atoms with Crippen LogP contribution in [0.2, 0.25) is 0 Å². The average Bonchev–Trinajstić information content (AvgIpc) is 3.09. The Morgan fingerprint density at radius 1 is 1.09 bits per heavy atom. The highest BCUT2D eigenvalue weighted by Gasteiger charge is 2.41. The quantitative estimate of drug-likeness (QED) is 0.543. The van der Waals surface area contributed by atoms with Gasteiger partial charge in [-0.2, -0.15) is 5.10 Å². The zero-order valence-corrected chi connectivity index (χ0v) is 18.0. The Morgan fingerprint density at radius 3 is 2.47 bits per heavy atom. The number of hydrogen-bond acceptors (Lipinski definition) is 7. The monoisotopic (exact) mass is 437 g/mol. The van der Waals surface area contributed by atoms with Gasteiger partial charge in [-0.1, -0.05) is 18.2 Å². The summed E-state index contributed by atoms with van der Waals surface area (Å²) in [5, 5.41) is 5.18. The van der Waals surface area contributed by atoms with E-state index in [0.29, 0.717) is 22.3 Å². The molecule has 1 saturated heterocycles. The van der Waals surface area contributed by atoms with E-state index in [-0.39, 0.29) is 24.9 Å². The topological polar surface area (TPSA) is 100.0 Å². The molecule has 1 aromatic heterocycles. The Bertz CT molecular complexity index is 1220. The smallest absolute Gasteiger partial charge is 0.328 e. The molecule has 1 fully saturated rings. The molecule has 0 N–H and O–H groups in total. The number of rotatable bonds is 6. The van der Waals surface area contributed by atoms with Crippen LogP contribution in [0.15, 0.2) is 53.5 Å². The van der Waals surface area contributed by atoms with Gasteiger partial charge in [0.1, 0.15) is 18.0 Å². The van der Waals surface area contributed by atoms with E-state index in [0.717, 1.165) is 10.2 Å². The summed E-state index contributed by atoms with van der Waals surface area (Å²) in [5.74, 6) is 0.180. The lowest BCUT2D eigenvalue weighted by Gasteiger charge is -2.20. The summed E-state index contributed by atoms with van der Waals surface area (Å²) in [7, 11) is 4.76. The zero-order valence-electron chi connectivity index (χ0n) is 18.0. The number of likely N-dealkylation sites (tertiary alicyclic amines) is 1. The van der Waals surface area contributed by atoms with Crippen LogP contribution >= 0.6 is 0 Å². The lowest BCUT2D eigenvalue weighted by molar-refractivity contribution is -0.156. The number of fused-ring (bicyclic) bond motifs is 1. The molecule has 0 radical (unpaired) electrons. The molecule has 9 nitrogen and oxygen atoms in total. The summed E-state index contributed by atoms with van der Waals surface area (Å²) in [5.41, 5.74) is 0.416. The molecule has 1 aliphatic heterocycles. The van der Waals surface area contributed by atoms with Gasteiger partial charge >= 0.3 is 5.97 Å².